The average Bonchev–Trinajstić information content (AvgIpc) is 2.70. The Kier molecular flexibility index (Phi) is 5.46. The van der Waals surface area contributed by atoms with Crippen molar-refractivity contribution in [2.75, 3.05) is 16.7 Å². The number of nitrogens with one attached hydrogen (secondary N) is 1. The van der Waals surface area contributed by atoms with Crippen molar-refractivity contribution in [2.24, 2.45) is 0 Å². The van der Waals surface area contributed by atoms with Crippen molar-refractivity contribution in [3.05, 3.63) is 89.7 Å². The molecule has 0 heterocycles. The number of benzene rings is 3. The van der Waals surface area contributed by atoms with Crippen LogP contribution in [0.25, 0.3) is 0 Å². The predicted molar refractivity (Wildman–Crippen MR) is 108 cm³/mol. The Morgan fingerprint density at radius 1 is 0.964 bits per heavy atom. The number of halogens is 1. The normalized spacial score (nSPS) is 11.1. The van der Waals surface area contributed by atoms with Gasteiger partial charge in [0, 0.05) is 24.0 Å². The molecule has 0 aromatic heterocycles. The first-order chi connectivity index (χ1) is 13.3. The lowest BCUT2D eigenvalue weighted by molar-refractivity contribution is 0.0993. The van der Waals surface area contributed by atoms with Gasteiger partial charge in [0.25, 0.3) is 15.9 Å². The topological polar surface area (TPSA) is 66.5 Å². The summed E-state index contributed by atoms with van der Waals surface area (Å²) in [5, 5.41) is 0. The Bertz CT molecular complexity index is 1100. The number of aryl methyl sites for hydroxylation is 1. The lowest BCUT2D eigenvalue weighted by Gasteiger charge is -2.17. The number of carbonyl (C=O) groups excluding carboxylic acids is 1. The van der Waals surface area contributed by atoms with Crippen molar-refractivity contribution >= 4 is 27.3 Å². The molecule has 0 saturated heterocycles. The molecule has 0 bridgehead atoms. The second-order valence-electron chi connectivity index (χ2n) is 6.29. The molecule has 0 fully saturated rings. The van der Waals surface area contributed by atoms with Crippen molar-refractivity contribution in [3.63, 3.8) is 0 Å². The van der Waals surface area contributed by atoms with E-state index in [1.807, 2.05) is 30.3 Å². The summed E-state index contributed by atoms with van der Waals surface area (Å²) < 4.78 is 40.7. The number of rotatable bonds is 5. The standard InChI is InChI=1S/C21H19FN2O3S/c1-15-14-19(12-13-20(15)22)28(26,27)23-17-10-8-16(9-11-17)21(25)24(2)18-6-4-3-5-7-18/h3-14,23H,1-2H3. The highest BCUT2D eigenvalue weighted by Crippen LogP contribution is 2.20. The van der Waals surface area contributed by atoms with Crippen LogP contribution in [0, 0.1) is 12.7 Å². The predicted octanol–water partition coefficient (Wildman–Crippen LogP) is 4.21. The zero-order valence-corrected chi connectivity index (χ0v) is 16.2. The molecule has 0 unspecified atom stereocenters. The van der Waals surface area contributed by atoms with Crippen LogP contribution in [0.4, 0.5) is 15.8 Å². The van der Waals surface area contributed by atoms with Crippen molar-refractivity contribution in [1.29, 1.82) is 0 Å². The summed E-state index contributed by atoms with van der Waals surface area (Å²) in [6.45, 7) is 1.50. The molecule has 3 aromatic rings. The molecule has 7 heteroatoms. The van der Waals surface area contributed by atoms with Gasteiger partial charge in [0.2, 0.25) is 0 Å². The highest BCUT2D eigenvalue weighted by Gasteiger charge is 2.17. The fourth-order valence-electron chi connectivity index (χ4n) is 2.64. The van der Waals surface area contributed by atoms with E-state index in [0.29, 0.717) is 11.3 Å². The fraction of sp³-hybridized carbons (Fsp3) is 0.0952. The van der Waals surface area contributed by atoms with Crippen LogP contribution < -0.4 is 9.62 Å². The molecule has 0 aliphatic heterocycles. The van der Waals surface area contributed by atoms with Crippen LogP contribution in [0.1, 0.15) is 15.9 Å². The van der Waals surface area contributed by atoms with Gasteiger partial charge in [-0.15, -0.1) is 0 Å². The first-order valence-corrected chi connectivity index (χ1v) is 9.98. The van der Waals surface area contributed by atoms with Crippen LogP contribution in [0.15, 0.2) is 77.7 Å². The Morgan fingerprint density at radius 2 is 1.61 bits per heavy atom. The summed E-state index contributed by atoms with van der Waals surface area (Å²) in [5.74, 6) is -0.681. The summed E-state index contributed by atoms with van der Waals surface area (Å²) in [5.41, 5.74) is 1.73. The molecule has 0 aliphatic carbocycles. The van der Waals surface area contributed by atoms with Gasteiger partial charge in [-0.3, -0.25) is 9.52 Å². The Labute approximate surface area is 163 Å². The van der Waals surface area contributed by atoms with Gasteiger partial charge in [-0.2, -0.15) is 0 Å². The molecule has 3 aromatic carbocycles. The van der Waals surface area contributed by atoms with Gasteiger partial charge in [-0.25, -0.2) is 12.8 Å². The molecule has 5 nitrogen and oxygen atoms in total. The highest BCUT2D eigenvalue weighted by atomic mass is 32.2. The summed E-state index contributed by atoms with van der Waals surface area (Å²) in [7, 11) is -2.19. The number of anilines is 2. The van der Waals surface area contributed by atoms with E-state index in [9.17, 15) is 17.6 Å². The van der Waals surface area contributed by atoms with Crippen LogP contribution in [-0.2, 0) is 10.0 Å². The molecule has 144 valence electrons. The zero-order valence-electron chi connectivity index (χ0n) is 15.4. The van der Waals surface area contributed by atoms with E-state index in [2.05, 4.69) is 4.72 Å². The minimum atomic E-state index is -3.86. The number of nitrogens with zero attached hydrogens (tertiary/aromatic N) is 1. The summed E-state index contributed by atoms with van der Waals surface area (Å²) >= 11 is 0. The Hall–Kier alpha value is -3.19. The second-order valence-corrected chi connectivity index (χ2v) is 7.98. The van der Waals surface area contributed by atoms with Gasteiger partial charge in [-0.1, -0.05) is 18.2 Å². The number of carbonyl (C=O) groups is 1. The molecule has 28 heavy (non-hydrogen) atoms. The largest absolute Gasteiger partial charge is 0.311 e. The van der Waals surface area contributed by atoms with Gasteiger partial charge in [0.05, 0.1) is 4.90 Å². The lowest BCUT2D eigenvalue weighted by atomic mass is 10.1. The van der Waals surface area contributed by atoms with Crippen LogP contribution in [0.2, 0.25) is 0 Å². The third-order valence-electron chi connectivity index (χ3n) is 4.27. The van der Waals surface area contributed by atoms with Crippen molar-refractivity contribution in [3.8, 4) is 0 Å². The maximum absolute atomic E-state index is 13.4. The van der Waals surface area contributed by atoms with Gasteiger partial charge in [-0.05, 0) is 67.1 Å². The van der Waals surface area contributed by atoms with Gasteiger partial charge < -0.3 is 4.90 Å². The maximum atomic E-state index is 13.4. The van der Waals surface area contributed by atoms with E-state index in [4.69, 9.17) is 0 Å². The van der Waals surface area contributed by atoms with Crippen LogP contribution in [0.3, 0.4) is 0 Å². The molecular formula is C21H19FN2O3S. The van der Waals surface area contributed by atoms with E-state index in [0.717, 1.165) is 11.8 Å². The molecule has 0 atom stereocenters. The number of amides is 1. The summed E-state index contributed by atoms with van der Waals surface area (Å²) in [6, 6.07) is 18.9. The van der Waals surface area contributed by atoms with E-state index in [-0.39, 0.29) is 16.4 Å². The van der Waals surface area contributed by atoms with Gasteiger partial charge >= 0.3 is 0 Å². The Balaban J connectivity index is 1.77. The number of hydrogen-bond donors (Lipinski definition) is 1. The quantitative estimate of drug-likeness (QED) is 0.700. The minimum Gasteiger partial charge on any atom is -0.311 e. The maximum Gasteiger partial charge on any atom is 0.261 e. The molecule has 1 amide bonds. The summed E-state index contributed by atoms with van der Waals surface area (Å²) in [6.07, 6.45) is 0. The molecule has 3 rings (SSSR count). The van der Waals surface area contributed by atoms with E-state index >= 15 is 0 Å². The smallest absolute Gasteiger partial charge is 0.261 e. The van der Waals surface area contributed by atoms with Crippen molar-refractivity contribution in [2.45, 2.75) is 11.8 Å². The lowest BCUT2D eigenvalue weighted by Crippen LogP contribution is -2.26. The SMILES string of the molecule is Cc1cc(S(=O)(=O)Nc2ccc(C(=O)N(C)c3ccccc3)cc2)ccc1F. The van der Waals surface area contributed by atoms with Crippen molar-refractivity contribution < 1.29 is 17.6 Å². The van der Waals surface area contributed by atoms with Gasteiger partial charge in [0.15, 0.2) is 0 Å². The third kappa shape index (κ3) is 4.20. The average molecular weight is 398 g/mol. The van der Waals surface area contributed by atoms with E-state index in [1.165, 1.54) is 36.1 Å². The number of sulfonamides is 1. The highest BCUT2D eigenvalue weighted by molar-refractivity contribution is 7.92. The Morgan fingerprint density at radius 3 is 2.21 bits per heavy atom. The van der Waals surface area contributed by atoms with E-state index in [1.54, 1.807) is 19.2 Å². The molecule has 0 saturated carbocycles. The van der Waals surface area contributed by atoms with Crippen LogP contribution >= 0.6 is 0 Å². The van der Waals surface area contributed by atoms with Crippen LogP contribution in [-0.4, -0.2) is 21.4 Å². The third-order valence-corrected chi connectivity index (χ3v) is 5.65. The van der Waals surface area contributed by atoms with Gasteiger partial charge in [0.1, 0.15) is 5.82 Å². The molecular weight excluding hydrogens is 379 g/mol. The monoisotopic (exact) mass is 398 g/mol. The fourth-order valence-corrected chi connectivity index (χ4v) is 3.79. The molecule has 0 spiro atoms. The molecule has 0 aliphatic rings. The molecule has 1 N–H and O–H groups in total. The number of hydrogen-bond acceptors (Lipinski definition) is 3. The first-order valence-electron chi connectivity index (χ1n) is 8.50. The van der Waals surface area contributed by atoms with Crippen molar-refractivity contribution in [1.82, 2.24) is 0 Å². The first kappa shape index (κ1) is 19.6. The van der Waals surface area contributed by atoms with Crippen LogP contribution in [0.5, 0.6) is 0 Å². The second kappa shape index (κ2) is 7.82. The molecule has 0 radical (unpaired) electrons. The number of para-hydroxylation sites is 1. The summed E-state index contributed by atoms with van der Waals surface area (Å²) in [4.78, 5) is 14.1. The zero-order chi connectivity index (χ0) is 20.3. The minimum absolute atomic E-state index is 0.0321. The van der Waals surface area contributed by atoms with E-state index < -0.39 is 15.8 Å².